The number of aromatic nitrogens is 1. The zero-order chi connectivity index (χ0) is 12.4. The number of nitrogens with zero attached hydrogens (tertiary/aromatic N) is 2. The molecule has 5 heteroatoms. The van der Waals surface area contributed by atoms with E-state index < -0.39 is 0 Å². The van der Waals surface area contributed by atoms with Gasteiger partial charge in [-0.25, -0.2) is 4.99 Å². The number of hydrogen-bond donors (Lipinski definition) is 1. The Morgan fingerprint density at radius 2 is 2.11 bits per heavy atom. The molecule has 2 aromatic heterocycles. The van der Waals surface area contributed by atoms with Gasteiger partial charge in [0.05, 0.1) is 11.8 Å². The number of pyridine rings is 1. The van der Waals surface area contributed by atoms with E-state index in [0.717, 1.165) is 17.7 Å². The summed E-state index contributed by atoms with van der Waals surface area (Å²) in [5, 5.41) is 5.90. The molecule has 2 aromatic rings. The van der Waals surface area contributed by atoms with Crippen molar-refractivity contribution < 1.29 is 0 Å². The maximum atomic E-state index is 5.22. The summed E-state index contributed by atoms with van der Waals surface area (Å²) >= 11 is 6.96. The van der Waals surface area contributed by atoms with E-state index in [4.69, 9.17) is 12.2 Å². The van der Waals surface area contributed by atoms with Crippen LogP contribution >= 0.6 is 23.6 Å². The Kier molecular flexibility index (Phi) is 3.17. The molecule has 3 rings (SSSR count). The summed E-state index contributed by atoms with van der Waals surface area (Å²) in [7, 11) is 0. The molecule has 0 fully saturated rings. The molecule has 0 saturated carbocycles. The number of aliphatic imine (C=N–C) groups is 1. The zero-order valence-corrected chi connectivity index (χ0v) is 11.2. The predicted molar refractivity (Wildman–Crippen MR) is 78.2 cm³/mol. The van der Waals surface area contributed by atoms with Crippen LogP contribution in [0, 0.1) is 0 Å². The monoisotopic (exact) mass is 273 g/mol. The summed E-state index contributed by atoms with van der Waals surface area (Å²) in [6.07, 6.45) is 4.41. The molecule has 0 aromatic carbocycles. The van der Waals surface area contributed by atoms with E-state index in [2.05, 4.69) is 32.8 Å². The lowest BCUT2D eigenvalue weighted by atomic mass is 10.0. The number of rotatable bonds is 2. The van der Waals surface area contributed by atoms with E-state index >= 15 is 0 Å². The number of nitrogens with one attached hydrogen (secondary N) is 1. The molecule has 18 heavy (non-hydrogen) atoms. The summed E-state index contributed by atoms with van der Waals surface area (Å²) < 4.78 is 0. The fourth-order valence-electron chi connectivity index (χ4n) is 1.98. The second-order valence-electron chi connectivity index (χ2n) is 4.02. The van der Waals surface area contributed by atoms with Gasteiger partial charge in [0.1, 0.15) is 0 Å². The van der Waals surface area contributed by atoms with E-state index in [1.54, 1.807) is 23.7 Å². The molecule has 1 unspecified atom stereocenters. The third-order valence-corrected chi connectivity index (χ3v) is 4.03. The van der Waals surface area contributed by atoms with E-state index in [-0.39, 0.29) is 6.04 Å². The second kappa shape index (κ2) is 4.96. The molecule has 0 spiro atoms. The van der Waals surface area contributed by atoms with Crippen LogP contribution in [0.25, 0.3) is 0 Å². The summed E-state index contributed by atoms with van der Waals surface area (Å²) in [6, 6.07) is 8.36. The van der Waals surface area contributed by atoms with Crippen LogP contribution in [0.2, 0.25) is 0 Å². The Labute approximate surface area is 115 Å². The smallest absolute Gasteiger partial charge is 0.193 e. The van der Waals surface area contributed by atoms with Crippen molar-refractivity contribution in [2.45, 2.75) is 12.5 Å². The molecule has 0 aliphatic carbocycles. The lowest BCUT2D eigenvalue weighted by Crippen LogP contribution is -2.32. The summed E-state index contributed by atoms with van der Waals surface area (Å²) in [5.74, 6) is 0. The summed E-state index contributed by atoms with van der Waals surface area (Å²) in [5.41, 5.74) is 2.12. The first-order chi connectivity index (χ1) is 8.83. The fourth-order valence-corrected chi connectivity index (χ4v) is 3.01. The molecule has 0 saturated heterocycles. The van der Waals surface area contributed by atoms with E-state index in [9.17, 15) is 0 Å². The highest BCUT2D eigenvalue weighted by Crippen LogP contribution is 2.26. The Balaban J connectivity index is 1.90. The van der Waals surface area contributed by atoms with Gasteiger partial charge in [0.25, 0.3) is 0 Å². The summed E-state index contributed by atoms with van der Waals surface area (Å²) in [6.45, 7) is 0. The molecule has 3 nitrogen and oxygen atoms in total. The van der Waals surface area contributed by atoms with Gasteiger partial charge in [-0.05, 0) is 41.4 Å². The maximum Gasteiger partial charge on any atom is 0.193 e. The van der Waals surface area contributed by atoms with Gasteiger partial charge >= 0.3 is 0 Å². The standard InChI is InChI=1S/C13H11N3S2/c17-13-15-10(9-3-5-14-6-4-9)8-11(16-13)12-2-1-7-18-12/h1-7,11H,8H2,(H,16,17). The Morgan fingerprint density at radius 3 is 2.83 bits per heavy atom. The minimum atomic E-state index is 0.234. The van der Waals surface area contributed by atoms with Gasteiger partial charge in [0.15, 0.2) is 5.11 Å². The van der Waals surface area contributed by atoms with Crippen molar-refractivity contribution in [3.05, 3.63) is 52.5 Å². The highest BCUT2D eigenvalue weighted by molar-refractivity contribution is 7.80. The van der Waals surface area contributed by atoms with Crippen molar-refractivity contribution in [1.29, 1.82) is 0 Å². The number of hydrogen-bond acceptors (Lipinski definition) is 3. The minimum absolute atomic E-state index is 0.234. The minimum Gasteiger partial charge on any atom is -0.353 e. The van der Waals surface area contributed by atoms with Crippen molar-refractivity contribution in [2.75, 3.05) is 0 Å². The molecule has 3 heterocycles. The van der Waals surface area contributed by atoms with Crippen molar-refractivity contribution in [3.8, 4) is 0 Å². The van der Waals surface area contributed by atoms with Gasteiger partial charge in [0.2, 0.25) is 0 Å². The van der Waals surface area contributed by atoms with Crippen molar-refractivity contribution >= 4 is 34.4 Å². The molecular weight excluding hydrogens is 262 g/mol. The molecule has 90 valence electrons. The van der Waals surface area contributed by atoms with Crippen LogP contribution in [0.15, 0.2) is 47.0 Å². The first kappa shape index (κ1) is 11.5. The van der Waals surface area contributed by atoms with Gasteiger partial charge < -0.3 is 5.32 Å². The predicted octanol–water partition coefficient (Wildman–Crippen LogP) is 2.95. The molecule has 1 N–H and O–H groups in total. The van der Waals surface area contributed by atoms with Crippen LogP contribution in [0.4, 0.5) is 0 Å². The molecule has 0 amide bonds. The van der Waals surface area contributed by atoms with Gasteiger partial charge in [0, 0.05) is 23.7 Å². The summed E-state index contributed by atoms with van der Waals surface area (Å²) in [4.78, 5) is 9.74. The first-order valence-corrected chi connectivity index (χ1v) is 6.93. The van der Waals surface area contributed by atoms with Crippen LogP contribution < -0.4 is 5.32 Å². The van der Waals surface area contributed by atoms with Crippen LogP contribution in [-0.2, 0) is 0 Å². The fraction of sp³-hybridized carbons (Fsp3) is 0.154. The Morgan fingerprint density at radius 1 is 1.28 bits per heavy atom. The van der Waals surface area contributed by atoms with Crippen LogP contribution in [0.3, 0.4) is 0 Å². The number of thiocarbonyl (C=S) groups is 1. The topological polar surface area (TPSA) is 37.3 Å². The van der Waals surface area contributed by atoms with Crippen LogP contribution in [-0.4, -0.2) is 15.8 Å². The SMILES string of the molecule is S=C1N=C(c2ccncc2)CC(c2cccs2)N1. The average Bonchev–Trinajstić information content (AvgIpc) is 2.93. The van der Waals surface area contributed by atoms with Crippen molar-refractivity contribution in [2.24, 2.45) is 4.99 Å². The average molecular weight is 273 g/mol. The molecule has 1 aliphatic rings. The van der Waals surface area contributed by atoms with Crippen LogP contribution in [0.1, 0.15) is 22.9 Å². The number of thiophene rings is 1. The van der Waals surface area contributed by atoms with Gasteiger partial charge in [-0.3, -0.25) is 4.98 Å². The third-order valence-electron chi connectivity index (χ3n) is 2.83. The zero-order valence-electron chi connectivity index (χ0n) is 9.54. The molecule has 0 radical (unpaired) electrons. The molecule has 0 bridgehead atoms. The normalized spacial score (nSPS) is 19.2. The van der Waals surface area contributed by atoms with E-state index in [1.165, 1.54) is 4.88 Å². The highest BCUT2D eigenvalue weighted by Gasteiger charge is 2.22. The van der Waals surface area contributed by atoms with Gasteiger partial charge in [-0.1, -0.05) is 6.07 Å². The van der Waals surface area contributed by atoms with Crippen molar-refractivity contribution in [3.63, 3.8) is 0 Å². The quantitative estimate of drug-likeness (QED) is 0.855. The lowest BCUT2D eigenvalue weighted by Gasteiger charge is -2.23. The third kappa shape index (κ3) is 2.32. The Hall–Kier alpha value is -1.59. The maximum absolute atomic E-state index is 5.22. The first-order valence-electron chi connectivity index (χ1n) is 5.65. The van der Waals surface area contributed by atoms with Gasteiger partial charge in [-0.15, -0.1) is 11.3 Å². The van der Waals surface area contributed by atoms with Crippen molar-refractivity contribution in [1.82, 2.24) is 10.3 Å². The van der Waals surface area contributed by atoms with Gasteiger partial charge in [-0.2, -0.15) is 0 Å². The lowest BCUT2D eigenvalue weighted by molar-refractivity contribution is 0.677. The van der Waals surface area contributed by atoms with Crippen LogP contribution in [0.5, 0.6) is 0 Å². The Bertz CT molecular complexity index is 576. The second-order valence-corrected chi connectivity index (χ2v) is 5.38. The largest absolute Gasteiger partial charge is 0.353 e. The molecule has 1 aliphatic heterocycles. The molecule has 1 atom stereocenters. The molecular formula is C13H11N3S2. The highest BCUT2D eigenvalue weighted by atomic mass is 32.1. The van der Waals surface area contributed by atoms with E-state index in [0.29, 0.717) is 5.11 Å². The van der Waals surface area contributed by atoms with E-state index in [1.807, 2.05) is 12.1 Å².